The lowest BCUT2D eigenvalue weighted by Crippen LogP contribution is -2.49. The molecule has 192 valence electrons. The third-order valence-electron chi connectivity index (χ3n) is 7.75. The second-order valence-electron chi connectivity index (χ2n) is 9.85. The number of amides is 4. The van der Waals surface area contributed by atoms with Gasteiger partial charge in [0.05, 0.1) is 42.1 Å². The molecule has 2 heterocycles. The second kappa shape index (κ2) is 9.45. The van der Waals surface area contributed by atoms with Gasteiger partial charge in [0.2, 0.25) is 11.8 Å². The van der Waals surface area contributed by atoms with E-state index in [1.54, 1.807) is 28.0 Å². The van der Waals surface area contributed by atoms with Crippen LogP contribution in [-0.2, 0) is 16.1 Å². The summed E-state index contributed by atoms with van der Waals surface area (Å²) in [6, 6.07) is 21.6. The van der Waals surface area contributed by atoms with E-state index in [4.69, 9.17) is 4.74 Å². The molecule has 0 unspecified atom stereocenters. The molecule has 4 amide bonds. The van der Waals surface area contributed by atoms with E-state index in [2.05, 4.69) is 0 Å². The van der Waals surface area contributed by atoms with Crippen LogP contribution in [0.1, 0.15) is 45.5 Å². The number of carbonyl (C=O) groups excluding carboxylic acids is 4. The number of benzene rings is 3. The predicted octanol–water partition coefficient (Wildman–Crippen LogP) is 4.04. The van der Waals surface area contributed by atoms with E-state index in [1.807, 2.05) is 54.6 Å². The summed E-state index contributed by atoms with van der Waals surface area (Å²) in [5, 5.41) is 0. The molecule has 8 nitrogen and oxygen atoms in total. The Balaban J connectivity index is 1.37. The molecule has 6 rings (SSSR count). The predicted molar refractivity (Wildman–Crippen MR) is 141 cm³/mol. The van der Waals surface area contributed by atoms with Crippen LogP contribution in [0.15, 0.2) is 72.8 Å². The van der Waals surface area contributed by atoms with Crippen molar-refractivity contribution in [1.82, 2.24) is 4.90 Å². The normalized spacial score (nSPS) is 20.2. The average molecular weight is 510 g/mol. The smallest absolute Gasteiger partial charge is 0.265 e. The molecule has 0 saturated heterocycles. The Morgan fingerprint density at radius 2 is 1.58 bits per heavy atom. The standard InChI is InChI=1S/C30H27N3O5/c1-38-25-16-8-12-21-27(25)30(37)32(29(21)36)18-26(34)33-22-15-7-11-20(22)28(35)31(17-19-9-3-2-4-10-19)23-13-5-6-14-24(23)33/h2-6,8-10,12-14,16,20,22H,7,11,15,17-18H2,1H3/t20-,22+/m0/s1. The van der Waals surface area contributed by atoms with Gasteiger partial charge in [0.15, 0.2) is 0 Å². The van der Waals surface area contributed by atoms with Crippen LogP contribution < -0.4 is 14.5 Å². The zero-order chi connectivity index (χ0) is 26.4. The number of methoxy groups -OCH3 is 1. The van der Waals surface area contributed by atoms with E-state index < -0.39 is 24.3 Å². The molecule has 1 fully saturated rings. The SMILES string of the molecule is COc1cccc2c1C(=O)N(CC(=O)N1c3ccccc3N(Cc3ccccc3)C(=O)[C@H]3CCC[C@H]31)C2=O. The van der Waals surface area contributed by atoms with E-state index in [-0.39, 0.29) is 29.0 Å². The zero-order valence-corrected chi connectivity index (χ0v) is 21.0. The first-order valence-corrected chi connectivity index (χ1v) is 12.8. The van der Waals surface area contributed by atoms with Gasteiger partial charge in [-0.25, -0.2) is 0 Å². The van der Waals surface area contributed by atoms with E-state index in [0.717, 1.165) is 16.9 Å². The Kier molecular flexibility index (Phi) is 5.94. The summed E-state index contributed by atoms with van der Waals surface area (Å²) in [6.07, 6.45) is 2.17. The van der Waals surface area contributed by atoms with Gasteiger partial charge >= 0.3 is 0 Å². The van der Waals surface area contributed by atoms with E-state index in [0.29, 0.717) is 36.5 Å². The Morgan fingerprint density at radius 1 is 0.842 bits per heavy atom. The third kappa shape index (κ3) is 3.75. The second-order valence-corrected chi connectivity index (χ2v) is 9.85. The van der Waals surface area contributed by atoms with Crippen LogP contribution >= 0.6 is 0 Å². The zero-order valence-electron chi connectivity index (χ0n) is 21.0. The number of carbonyl (C=O) groups is 4. The summed E-state index contributed by atoms with van der Waals surface area (Å²) < 4.78 is 5.30. The summed E-state index contributed by atoms with van der Waals surface area (Å²) in [4.78, 5) is 58.7. The summed E-state index contributed by atoms with van der Waals surface area (Å²) in [5.41, 5.74) is 2.65. The molecule has 0 aromatic heterocycles. The molecule has 38 heavy (non-hydrogen) atoms. The highest BCUT2D eigenvalue weighted by Crippen LogP contribution is 2.43. The molecule has 0 N–H and O–H groups in total. The molecular weight excluding hydrogens is 482 g/mol. The number of imide groups is 1. The Labute approximate surface area is 220 Å². The van der Waals surface area contributed by atoms with Gasteiger partial charge in [-0.05, 0) is 42.7 Å². The van der Waals surface area contributed by atoms with Crippen molar-refractivity contribution in [2.75, 3.05) is 23.5 Å². The first-order chi connectivity index (χ1) is 18.5. The molecule has 1 saturated carbocycles. The van der Waals surface area contributed by atoms with Gasteiger partial charge in [-0.2, -0.15) is 0 Å². The van der Waals surface area contributed by atoms with Gasteiger partial charge < -0.3 is 14.5 Å². The first-order valence-electron chi connectivity index (χ1n) is 12.8. The molecule has 3 aliphatic rings. The fraction of sp³-hybridized carbons (Fsp3) is 0.267. The summed E-state index contributed by atoms with van der Waals surface area (Å²) in [5.74, 6) is -1.54. The summed E-state index contributed by atoms with van der Waals surface area (Å²) in [7, 11) is 1.44. The molecule has 3 aromatic carbocycles. The highest BCUT2D eigenvalue weighted by atomic mass is 16.5. The van der Waals surface area contributed by atoms with Gasteiger partial charge in [-0.3, -0.25) is 24.1 Å². The minimum absolute atomic E-state index is 0.00966. The van der Waals surface area contributed by atoms with Gasteiger partial charge in [0, 0.05) is 6.04 Å². The Morgan fingerprint density at radius 3 is 2.34 bits per heavy atom. The lowest BCUT2D eigenvalue weighted by Gasteiger charge is -2.31. The van der Waals surface area contributed by atoms with Crippen LogP contribution in [0.5, 0.6) is 5.75 Å². The fourth-order valence-electron chi connectivity index (χ4n) is 6.01. The number of ether oxygens (including phenoxy) is 1. The van der Waals surface area contributed by atoms with Crippen LogP contribution in [0.2, 0.25) is 0 Å². The monoisotopic (exact) mass is 509 g/mol. The lowest BCUT2D eigenvalue weighted by atomic mass is 10.0. The number of fused-ring (bicyclic) bond motifs is 3. The Bertz CT molecular complexity index is 1450. The average Bonchev–Trinajstić information content (AvgIpc) is 3.49. The Hall–Kier alpha value is -4.46. The quantitative estimate of drug-likeness (QED) is 0.485. The van der Waals surface area contributed by atoms with Crippen LogP contribution in [-0.4, -0.2) is 48.2 Å². The molecule has 1 aliphatic carbocycles. The number of anilines is 2. The van der Waals surface area contributed by atoms with Crippen LogP contribution in [0.25, 0.3) is 0 Å². The number of nitrogens with zero attached hydrogens (tertiary/aromatic N) is 3. The van der Waals surface area contributed by atoms with Crippen molar-refractivity contribution in [2.45, 2.75) is 31.8 Å². The third-order valence-corrected chi connectivity index (χ3v) is 7.75. The van der Waals surface area contributed by atoms with E-state index >= 15 is 0 Å². The van der Waals surface area contributed by atoms with E-state index in [9.17, 15) is 19.2 Å². The van der Waals surface area contributed by atoms with Crippen molar-refractivity contribution in [3.8, 4) is 5.75 Å². The van der Waals surface area contributed by atoms with Crippen molar-refractivity contribution >= 4 is 35.0 Å². The van der Waals surface area contributed by atoms with Crippen LogP contribution in [0, 0.1) is 5.92 Å². The van der Waals surface area contributed by atoms with Crippen LogP contribution in [0.3, 0.4) is 0 Å². The van der Waals surface area contributed by atoms with Crippen molar-refractivity contribution < 1.29 is 23.9 Å². The maximum atomic E-state index is 14.0. The lowest BCUT2D eigenvalue weighted by molar-refractivity contribution is -0.123. The molecular formula is C30H27N3O5. The van der Waals surface area contributed by atoms with E-state index in [1.165, 1.54) is 7.11 Å². The summed E-state index contributed by atoms with van der Waals surface area (Å²) >= 11 is 0. The summed E-state index contributed by atoms with van der Waals surface area (Å²) in [6.45, 7) is -0.0277. The topological polar surface area (TPSA) is 87.2 Å². The van der Waals surface area contributed by atoms with Crippen molar-refractivity contribution in [2.24, 2.45) is 5.92 Å². The highest BCUT2D eigenvalue weighted by Gasteiger charge is 2.47. The number of para-hydroxylation sites is 2. The van der Waals surface area contributed by atoms with Crippen molar-refractivity contribution in [1.29, 1.82) is 0 Å². The van der Waals surface area contributed by atoms with Crippen LogP contribution in [0.4, 0.5) is 11.4 Å². The van der Waals surface area contributed by atoms with Crippen molar-refractivity contribution in [3.63, 3.8) is 0 Å². The van der Waals surface area contributed by atoms with Gasteiger partial charge in [0.1, 0.15) is 12.3 Å². The molecule has 0 spiro atoms. The number of hydrogen-bond donors (Lipinski definition) is 0. The molecule has 0 radical (unpaired) electrons. The molecule has 0 bridgehead atoms. The fourth-order valence-corrected chi connectivity index (χ4v) is 6.01. The minimum atomic E-state index is -0.552. The largest absolute Gasteiger partial charge is 0.496 e. The molecule has 2 atom stereocenters. The van der Waals surface area contributed by atoms with Gasteiger partial charge in [-0.1, -0.05) is 55.0 Å². The van der Waals surface area contributed by atoms with Crippen molar-refractivity contribution in [3.05, 3.63) is 89.5 Å². The number of rotatable bonds is 5. The first kappa shape index (κ1) is 23.9. The minimum Gasteiger partial charge on any atom is -0.496 e. The maximum Gasteiger partial charge on any atom is 0.265 e. The highest BCUT2D eigenvalue weighted by molar-refractivity contribution is 6.24. The van der Waals surface area contributed by atoms with Gasteiger partial charge in [0.25, 0.3) is 11.8 Å². The molecule has 8 heteroatoms. The van der Waals surface area contributed by atoms with Gasteiger partial charge in [-0.15, -0.1) is 0 Å². The molecule has 3 aromatic rings. The molecule has 2 aliphatic heterocycles. The number of hydrogen-bond acceptors (Lipinski definition) is 5. The maximum absolute atomic E-state index is 14.0.